The van der Waals surface area contributed by atoms with E-state index in [4.69, 9.17) is 4.74 Å². The fourth-order valence-corrected chi connectivity index (χ4v) is 5.17. The zero-order valence-corrected chi connectivity index (χ0v) is 20.3. The summed E-state index contributed by atoms with van der Waals surface area (Å²) >= 11 is 0. The van der Waals surface area contributed by atoms with Crippen molar-refractivity contribution >= 4 is 43.2 Å². The van der Waals surface area contributed by atoms with Gasteiger partial charge in [0, 0.05) is 38.6 Å². The van der Waals surface area contributed by atoms with Crippen molar-refractivity contribution in [2.45, 2.75) is 11.8 Å². The molecule has 3 aromatic rings. The summed E-state index contributed by atoms with van der Waals surface area (Å²) in [5, 5.41) is 1.13. The highest BCUT2D eigenvalue weighted by atomic mass is 32.2. The lowest BCUT2D eigenvalue weighted by Gasteiger charge is -2.33. The van der Waals surface area contributed by atoms with Gasteiger partial charge in [-0.2, -0.15) is 0 Å². The monoisotopic (exact) mass is 480 g/mol. The first-order valence-corrected chi connectivity index (χ1v) is 12.4. The van der Waals surface area contributed by atoms with Gasteiger partial charge in [0.2, 0.25) is 11.7 Å². The zero-order valence-electron chi connectivity index (χ0n) is 18.3. The first-order valence-electron chi connectivity index (χ1n) is 10.7. The van der Waals surface area contributed by atoms with Crippen LogP contribution in [0, 0.1) is 0 Å². The predicted octanol–water partition coefficient (Wildman–Crippen LogP) is 2.70. The SMILES string of the molecule is CCOC(=C=O)c1cnc(N2CCN(S(=O)c3ccc(-c4ccccc4P)cc3)CC2)nc1. The number of anilines is 1. The molecular weight excluding hydrogens is 455 g/mol. The fraction of sp³-hybridized carbons (Fsp3) is 0.250. The minimum absolute atomic E-state index is 0.108. The quantitative estimate of drug-likeness (QED) is 0.294. The lowest BCUT2D eigenvalue weighted by molar-refractivity contribution is 0.299. The third kappa shape index (κ3) is 5.37. The lowest BCUT2D eigenvalue weighted by atomic mass is 10.1. The molecule has 1 aliphatic heterocycles. The molecule has 7 nitrogen and oxygen atoms in total. The largest absolute Gasteiger partial charge is 0.483 e. The van der Waals surface area contributed by atoms with E-state index >= 15 is 0 Å². The Morgan fingerprint density at radius 3 is 2.33 bits per heavy atom. The van der Waals surface area contributed by atoms with Crippen LogP contribution >= 0.6 is 9.24 Å². The van der Waals surface area contributed by atoms with Crippen molar-refractivity contribution in [2.24, 2.45) is 0 Å². The number of carbonyl (C=O) groups excluding carboxylic acids is 1. The Bertz CT molecular complexity index is 1170. The molecule has 0 bridgehead atoms. The molecule has 1 saturated heterocycles. The van der Waals surface area contributed by atoms with Crippen molar-refractivity contribution in [2.75, 3.05) is 37.7 Å². The third-order valence-electron chi connectivity index (χ3n) is 5.37. The van der Waals surface area contributed by atoms with E-state index in [1.54, 1.807) is 25.3 Å². The van der Waals surface area contributed by atoms with Gasteiger partial charge in [-0.1, -0.05) is 36.4 Å². The number of hydrogen-bond donors (Lipinski definition) is 0. The molecule has 170 valence electrons. The molecule has 2 atom stereocenters. The van der Waals surface area contributed by atoms with Gasteiger partial charge in [-0.15, -0.1) is 9.24 Å². The van der Waals surface area contributed by atoms with Crippen LogP contribution in [-0.4, -0.2) is 57.2 Å². The van der Waals surface area contributed by atoms with E-state index in [2.05, 4.69) is 31.3 Å². The second kappa shape index (κ2) is 10.8. The highest BCUT2D eigenvalue weighted by Crippen LogP contribution is 2.22. The van der Waals surface area contributed by atoms with E-state index < -0.39 is 11.0 Å². The summed E-state index contributed by atoms with van der Waals surface area (Å²) in [6.45, 7) is 4.75. The standard InChI is InChI=1S/C24H25N4O3PS/c1-2-31-22(17-29)19-15-25-24(26-16-19)27-11-13-28(14-12-27)33(30)20-9-7-18(8-10-20)21-5-3-4-6-23(21)32/h3-10,15-16H,2,11-14,32H2,1H3. The van der Waals surface area contributed by atoms with Gasteiger partial charge >= 0.3 is 0 Å². The van der Waals surface area contributed by atoms with E-state index in [0.717, 1.165) is 21.3 Å². The van der Waals surface area contributed by atoms with Gasteiger partial charge in [-0.05, 0) is 35.5 Å². The maximum atomic E-state index is 13.1. The first-order chi connectivity index (χ1) is 16.1. The van der Waals surface area contributed by atoms with Crippen LogP contribution in [-0.2, 0) is 20.5 Å². The van der Waals surface area contributed by atoms with E-state index in [0.29, 0.717) is 44.3 Å². The van der Waals surface area contributed by atoms with Crippen LogP contribution in [0.4, 0.5) is 5.95 Å². The second-order valence-electron chi connectivity index (χ2n) is 7.41. The van der Waals surface area contributed by atoms with Gasteiger partial charge in [0.25, 0.3) is 0 Å². The van der Waals surface area contributed by atoms with Gasteiger partial charge in [-0.3, -0.25) is 0 Å². The van der Waals surface area contributed by atoms with Crippen LogP contribution in [0.15, 0.2) is 65.8 Å². The minimum Gasteiger partial charge on any atom is -0.483 e. The maximum Gasteiger partial charge on any atom is 0.225 e. The molecule has 2 unspecified atom stereocenters. The van der Waals surface area contributed by atoms with Crippen molar-refractivity contribution in [1.29, 1.82) is 0 Å². The van der Waals surface area contributed by atoms with Gasteiger partial charge < -0.3 is 9.64 Å². The van der Waals surface area contributed by atoms with Crippen LogP contribution < -0.4 is 10.2 Å². The molecule has 33 heavy (non-hydrogen) atoms. The molecule has 4 rings (SSSR count). The van der Waals surface area contributed by atoms with Gasteiger partial charge in [0.15, 0.2) is 5.94 Å². The van der Waals surface area contributed by atoms with Crippen molar-refractivity contribution < 1.29 is 13.7 Å². The number of aromatic nitrogens is 2. The second-order valence-corrected chi connectivity index (χ2v) is 9.52. The maximum absolute atomic E-state index is 13.1. The molecule has 1 aliphatic rings. The third-order valence-corrected chi connectivity index (χ3v) is 7.38. The van der Waals surface area contributed by atoms with Crippen LogP contribution in [0.2, 0.25) is 0 Å². The highest BCUT2D eigenvalue weighted by Gasteiger charge is 2.24. The summed E-state index contributed by atoms with van der Waals surface area (Å²) in [6, 6.07) is 16.1. The Hall–Kier alpha value is -2.89. The van der Waals surface area contributed by atoms with Crippen molar-refractivity contribution in [3.63, 3.8) is 0 Å². The molecular formula is C24H25N4O3PS. The molecule has 0 aliphatic carbocycles. The molecule has 1 aromatic heterocycles. The van der Waals surface area contributed by atoms with Gasteiger partial charge in [0.05, 0.1) is 17.1 Å². The molecule has 9 heteroatoms. The number of nitrogens with zero attached hydrogens (tertiary/aromatic N) is 4. The van der Waals surface area contributed by atoms with Crippen LogP contribution in [0.25, 0.3) is 16.9 Å². The van der Waals surface area contributed by atoms with Gasteiger partial charge in [0.1, 0.15) is 11.0 Å². The van der Waals surface area contributed by atoms with Crippen LogP contribution in [0.5, 0.6) is 0 Å². The Morgan fingerprint density at radius 2 is 1.73 bits per heavy atom. The molecule has 0 saturated carbocycles. The zero-order chi connectivity index (χ0) is 23.2. The lowest BCUT2D eigenvalue weighted by Crippen LogP contribution is -2.47. The summed E-state index contributed by atoms with van der Waals surface area (Å²) in [5.74, 6) is 2.46. The Kier molecular flexibility index (Phi) is 7.63. The molecule has 0 spiro atoms. The van der Waals surface area contributed by atoms with Crippen LogP contribution in [0.1, 0.15) is 12.5 Å². The van der Waals surface area contributed by atoms with E-state index in [1.807, 2.05) is 45.6 Å². The van der Waals surface area contributed by atoms with E-state index in [-0.39, 0.29) is 5.76 Å². The van der Waals surface area contributed by atoms with E-state index in [1.165, 1.54) is 0 Å². The summed E-state index contributed by atoms with van der Waals surface area (Å²) < 4.78 is 20.3. The Balaban J connectivity index is 1.37. The highest BCUT2D eigenvalue weighted by molar-refractivity contribution is 7.82. The number of piperazine rings is 1. The van der Waals surface area contributed by atoms with Crippen molar-refractivity contribution in [1.82, 2.24) is 14.3 Å². The van der Waals surface area contributed by atoms with Crippen molar-refractivity contribution in [3.8, 4) is 11.1 Å². The fourth-order valence-electron chi connectivity index (χ4n) is 3.63. The minimum atomic E-state index is -1.23. The normalized spacial score (nSPS) is 15.0. The molecule has 0 N–H and O–H groups in total. The molecule has 2 heterocycles. The Labute approximate surface area is 198 Å². The molecule has 0 radical (unpaired) electrons. The number of rotatable bonds is 7. The molecule has 2 aromatic carbocycles. The number of ether oxygens (including phenoxy) is 1. The number of hydrogen-bond acceptors (Lipinski definition) is 6. The van der Waals surface area contributed by atoms with Gasteiger partial charge in [-0.25, -0.2) is 23.3 Å². The summed E-state index contributed by atoms with van der Waals surface area (Å²) in [7, 11) is 1.53. The Morgan fingerprint density at radius 1 is 1.06 bits per heavy atom. The summed E-state index contributed by atoms with van der Waals surface area (Å²) in [4.78, 5) is 22.6. The smallest absolute Gasteiger partial charge is 0.225 e. The molecule has 1 fully saturated rings. The topological polar surface area (TPSA) is 75.6 Å². The summed E-state index contributed by atoms with van der Waals surface area (Å²) in [5.41, 5.74) is 2.75. The molecule has 0 amide bonds. The van der Waals surface area contributed by atoms with E-state index in [9.17, 15) is 9.00 Å². The average molecular weight is 481 g/mol. The average Bonchev–Trinajstić information content (AvgIpc) is 2.87. The first kappa shape index (κ1) is 23.3. The summed E-state index contributed by atoms with van der Waals surface area (Å²) in [6.07, 6.45) is 3.13. The van der Waals surface area contributed by atoms with Crippen molar-refractivity contribution in [3.05, 3.63) is 66.5 Å². The predicted molar refractivity (Wildman–Crippen MR) is 134 cm³/mol. The number of benzene rings is 2. The van der Waals surface area contributed by atoms with Crippen LogP contribution in [0.3, 0.4) is 0 Å².